The molecular weight excluding hydrogens is 1080 g/mol. The Hall–Kier alpha value is -8.46. The number of thiocarbonyl (C=S) groups is 1. The van der Waals surface area contributed by atoms with E-state index in [1.165, 1.54) is 34.7 Å². The third kappa shape index (κ3) is 14.4. The molecule has 3 aromatic carbocycles. The van der Waals surface area contributed by atoms with Crippen LogP contribution >= 0.6 is 12.2 Å². The molecule has 0 bridgehead atoms. The summed E-state index contributed by atoms with van der Waals surface area (Å²) in [6.07, 6.45) is 6.42. The monoisotopic (exact) mass is 1150 g/mol. The lowest BCUT2D eigenvalue weighted by Crippen LogP contribution is -2.60. The quantitative estimate of drug-likeness (QED) is 0.0181. The first kappa shape index (κ1) is 60.6. The predicted octanol–water partition coefficient (Wildman–Crippen LogP) is 5.10. The van der Waals surface area contributed by atoms with Crippen LogP contribution in [0.15, 0.2) is 101 Å². The molecule has 4 N–H and O–H groups in total. The van der Waals surface area contributed by atoms with E-state index in [9.17, 15) is 38.4 Å². The standard InChI is InChI=1S/C62H72N9O11S/c1-8-9-22-54(73)65-46(32-39-17-11-10-12-18-39)57(74)66-47-36-80-62(79)50-21-16-31-71(50)59(76)38(2)63-58(75)48(69(7)61(78)49-20-15-30-70(49)60(47)77)19-13-14-23-55(83)64-40-24-27-43(51(33-40)81-37-72)56-44-28-25-41(67(3)4)34-52(44)82-53-35-42(68(5)6)26-29-45(53)56/h9-12,17-18,22,24-29,33-35,38,46-50H,8,13-16,19-21,23,30-32,36H2,1-7H3,(H3,63,65,66,73,74,75)/q-1/p+1/b22-9+/t38-,46-,47-,48-,49-,50-/m0/s1. The Balaban J connectivity index is 1.00. The maximum absolute atomic E-state index is 14.8. The van der Waals surface area contributed by atoms with Crippen molar-refractivity contribution in [1.29, 1.82) is 0 Å². The Morgan fingerprint density at radius 2 is 1.63 bits per heavy atom. The molecule has 0 saturated carbocycles. The number of amides is 6. The fourth-order valence-electron chi connectivity index (χ4n) is 11.0. The van der Waals surface area contributed by atoms with Crippen LogP contribution < -0.4 is 40.8 Å². The molecule has 6 atom stereocenters. The van der Waals surface area contributed by atoms with Crippen LogP contribution in [0.5, 0.6) is 5.75 Å². The number of nitrogens with one attached hydrogen (secondary N) is 4. The molecule has 8 rings (SSSR count). The van der Waals surface area contributed by atoms with Crippen molar-refractivity contribution in [3.63, 3.8) is 0 Å². The summed E-state index contributed by atoms with van der Waals surface area (Å²) in [6.45, 7) is 4.71. The Labute approximate surface area is 488 Å². The van der Waals surface area contributed by atoms with E-state index < -0.39 is 84.3 Å². The van der Waals surface area contributed by atoms with Crippen molar-refractivity contribution in [3.05, 3.63) is 108 Å². The molecule has 21 heteroatoms. The van der Waals surface area contributed by atoms with Crippen LogP contribution in [0.4, 0.5) is 11.4 Å². The largest absolute Gasteiger partial charge is 0.609 e. The van der Waals surface area contributed by atoms with E-state index in [1.807, 2.05) is 99.2 Å². The third-order valence-electron chi connectivity index (χ3n) is 15.4. The third-order valence-corrected chi connectivity index (χ3v) is 15.7. The summed E-state index contributed by atoms with van der Waals surface area (Å²) in [5.41, 5.74) is 5.08. The summed E-state index contributed by atoms with van der Waals surface area (Å²) < 4.78 is 19.8. The average Bonchev–Trinajstić information content (AvgIpc) is 4.02. The summed E-state index contributed by atoms with van der Waals surface area (Å²) in [4.78, 5) is 118. The van der Waals surface area contributed by atoms with Gasteiger partial charge in [-0.05, 0) is 106 Å². The lowest BCUT2D eigenvalue weighted by atomic mass is 9.92. The van der Waals surface area contributed by atoms with Gasteiger partial charge in [0.1, 0.15) is 68.3 Å². The first-order chi connectivity index (χ1) is 39.9. The van der Waals surface area contributed by atoms with Crippen LogP contribution in [-0.2, 0) is 49.5 Å². The predicted molar refractivity (Wildman–Crippen MR) is 319 cm³/mol. The van der Waals surface area contributed by atoms with E-state index in [1.54, 1.807) is 42.9 Å². The highest BCUT2D eigenvalue weighted by molar-refractivity contribution is 7.80. The summed E-state index contributed by atoms with van der Waals surface area (Å²) in [6, 6.07) is 19.4. The maximum Gasteiger partial charge on any atom is 0.328 e. The molecular formula is C62H73N9O11S. The number of hydrogen-bond acceptors (Lipinski definition) is 13. The van der Waals surface area contributed by atoms with Gasteiger partial charge in [0.05, 0.1) is 11.1 Å². The Morgan fingerprint density at radius 1 is 0.904 bits per heavy atom. The van der Waals surface area contributed by atoms with Crippen molar-refractivity contribution in [1.82, 2.24) is 35.2 Å². The van der Waals surface area contributed by atoms with E-state index in [2.05, 4.69) is 21.3 Å². The molecule has 438 valence electrons. The van der Waals surface area contributed by atoms with Gasteiger partial charge in [-0.2, -0.15) is 0 Å². The molecule has 0 spiro atoms. The molecule has 1 aliphatic carbocycles. The van der Waals surface area contributed by atoms with Crippen molar-refractivity contribution in [2.45, 2.75) is 114 Å². The number of unbranched alkanes of at least 4 members (excludes halogenated alkanes) is 1. The van der Waals surface area contributed by atoms with Gasteiger partial charge in [-0.15, -0.1) is 0 Å². The van der Waals surface area contributed by atoms with Crippen molar-refractivity contribution >= 4 is 87.4 Å². The van der Waals surface area contributed by atoms with Crippen molar-refractivity contribution in [2.24, 2.45) is 0 Å². The fraction of sp³-hybridized carbons (Fsp3) is 0.419. The average molecular weight is 1150 g/mol. The SMILES string of the molecule is CC/C=C/C(=O)N[C@@H](Cc1ccccc1)C(=O)N[C@H]1COC(=O)[C@@H]2CCCN2C(=O)[C@H](C)NC(=O)[C@H](CCCCC(=S)Nc2ccc(-c3c4ccc(=[N+](C)C)cc-4oc4cc(N(C)C)ccc34)c(O[C-]=O)c2)N(C)C(=O)[C@@H]2CCCN2C1=O. The van der Waals surface area contributed by atoms with E-state index in [-0.39, 0.29) is 44.5 Å². The van der Waals surface area contributed by atoms with Crippen LogP contribution in [0.1, 0.15) is 77.2 Å². The number of ether oxygens (including phenoxy) is 2. The molecule has 0 aromatic heterocycles. The van der Waals surface area contributed by atoms with Crippen LogP contribution in [0.2, 0.25) is 0 Å². The Kier molecular flexibility index (Phi) is 20.1. The normalized spacial score (nSPS) is 20.2. The minimum absolute atomic E-state index is 0.0725. The van der Waals surface area contributed by atoms with E-state index in [0.29, 0.717) is 66.1 Å². The number of allylic oxidation sites excluding steroid dienone is 1. The van der Waals surface area contributed by atoms with Crippen molar-refractivity contribution in [3.8, 4) is 28.2 Å². The number of likely N-dealkylation sites (N-methyl/N-ethyl adjacent to an activating group) is 1. The van der Waals surface area contributed by atoms with Gasteiger partial charge in [-0.1, -0.05) is 79.7 Å². The van der Waals surface area contributed by atoms with Gasteiger partial charge in [-0.25, -0.2) is 9.37 Å². The zero-order valence-electron chi connectivity index (χ0n) is 48.0. The zero-order chi connectivity index (χ0) is 59.5. The van der Waals surface area contributed by atoms with E-state index in [4.69, 9.17) is 26.1 Å². The molecule has 5 aliphatic rings. The number of nitrogens with zero attached hydrogens (tertiary/aromatic N) is 5. The van der Waals surface area contributed by atoms with Gasteiger partial charge in [0.15, 0.2) is 6.47 Å². The summed E-state index contributed by atoms with van der Waals surface area (Å²) >= 11 is 5.84. The number of anilines is 2. The molecule has 3 aromatic rings. The van der Waals surface area contributed by atoms with Gasteiger partial charge in [0, 0.05) is 75.1 Å². The Morgan fingerprint density at radius 3 is 2.34 bits per heavy atom. The van der Waals surface area contributed by atoms with Crippen LogP contribution in [0.25, 0.3) is 33.4 Å². The highest BCUT2D eigenvalue weighted by Gasteiger charge is 2.44. The first-order valence-corrected chi connectivity index (χ1v) is 28.6. The van der Waals surface area contributed by atoms with Crippen LogP contribution in [0.3, 0.4) is 0 Å². The van der Waals surface area contributed by atoms with Gasteiger partial charge < -0.3 is 59.6 Å². The second-order valence-electron chi connectivity index (χ2n) is 21.6. The minimum atomic E-state index is -1.49. The van der Waals surface area contributed by atoms with E-state index in [0.717, 1.165) is 33.1 Å². The number of rotatable bonds is 17. The molecule has 4 aliphatic heterocycles. The number of fused-ring (bicyclic) bond motifs is 4. The first-order valence-electron chi connectivity index (χ1n) is 28.2. The molecule has 6 amide bonds. The van der Waals surface area contributed by atoms with Gasteiger partial charge >= 0.3 is 5.97 Å². The molecule has 3 saturated heterocycles. The van der Waals surface area contributed by atoms with Crippen LogP contribution in [0, 0.1) is 0 Å². The van der Waals surface area contributed by atoms with Gasteiger partial charge in [0.25, 0.3) is 0 Å². The molecule has 3 fully saturated rings. The zero-order valence-corrected chi connectivity index (χ0v) is 48.8. The van der Waals surface area contributed by atoms with Gasteiger partial charge in [-0.3, -0.25) is 28.8 Å². The van der Waals surface area contributed by atoms with Crippen molar-refractivity contribution in [2.75, 3.05) is 65.2 Å². The number of carbonyl (C=O) groups is 7. The molecule has 0 radical (unpaired) electrons. The highest BCUT2D eigenvalue weighted by Crippen LogP contribution is 2.45. The molecule has 83 heavy (non-hydrogen) atoms. The van der Waals surface area contributed by atoms with Crippen molar-refractivity contribution < 1.29 is 52.2 Å². The second kappa shape index (κ2) is 27.5. The molecule has 20 nitrogen and oxygen atoms in total. The lowest BCUT2D eigenvalue weighted by molar-refractivity contribution is -0.158. The second-order valence-corrected chi connectivity index (χ2v) is 22.1. The number of benzene rings is 4. The summed E-state index contributed by atoms with van der Waals surface area (Å²) in [7, 11) is 9.30. The summed E-state index contributed by atoms with van der Waals surface area (Å²) in [5.74, 6) is -3.51. The fourth-order valence-corrected chi connectivity index (χ4v) is 11.2. The number of cyclic esters (lactones) is 1. The molecule has 0 unspecified atom stereocenters. The molecule has 4 heterocycles. The topological polar surface area (TPSA) is 232 Å². The van der Waals surface area contributed by atoms with Crippen LogP contribution in [-0.4, -0.2) is 159 Å². The minimum Gasteiger partial charge on any atom is -0.609 e. The smallest absolute Gasteiger partial charge is 0.328 e. The van der Waals surface area contributed by atoms with Gasteiger partial charge in [0.2, 0.25) is 40.8 Å². The number of esters is 1. The van der Waals surface area contributed by atoms with E-state index >= 15 is 0 Å². The Bertz CT molecular complexity index is 3340. The number of hydrogen-bond donors (Lipinski definition) is 4. The lowest BCUT2D eigenvalue weighted by Gasteiger charge is -2.35. The number of carbonyl (C=O) groups excluding carboxylic acids is 8. The maximum atomic E-state index is 14.8. The highest BCUT2D eigenvalue weighted by atomic mass is 32.1. The summed E-state index contributed by atoms with van der Waals surface area (Å²) in [5, 5.41) is 13.3.